The zero-order chi connectivity index (χ0) is 17.3. The quantitative estimate of drug-likeness (QED) is 0.683. The van der Waals surface area contributed by atoms with Crippen LogP contribution in [0.25, 0.3) is 11.4 Å². The second-order valence-electron chi connectivity index (χ2n) is 6.32. The van der Waals surface area contributed by atoms with Crippen LogP contribution in [0.5, 0.6) is 0 Å². The van der Waals surface area contributed by atoms with Gasteiger partial charge in [-0.2, -0.15) is 0 Å². The fourth-order valence-electron chi connectivity index (χ4n) is 1.72. The van der Waals surface area contributed by atoms with Gasteiger partial charge in [0.1, 0.15) is 5.82 Å². The number of rotatable bonds is 5. The number of aromatic nitrogens is 3. The van der Waals surface area contributed by atoms with Crippen molar-refractivity contribution in [2.45, 2.75) is 38.9 Å². The zero-order valence-corrected chi connectivity index (χ0v) is 13.7. The average molecular weight is 316 g/mol. The van der Waals surface area contributed by atoms with Crippen LogP contribution < -0.4 is 11.2 Å². The normalized spacial score (nSPS) is 12.3. The van der Waals surface area contributed by atoms with Crippen LogP contribution >= 0.6 is 0 Å². The van der Waals surface area contributed by atoms with E-state index in [-0.39, 0.29) is 11.3 Å². The maximum atomic E-state index is 10.3. The molecule has 0 atom stereocenters. The summed E-state index contributed by atoms with van der Waals surface area (Å²) < 4.78 is 5.55. The van der Waals surface area contributed by atoms with Gasteiger partial charge in [0.15, 0.2) is 5.82 Å². The highest BCUT2D eigenvalue weighted by molar-refractivity contribution is 6.61. The molecule has 0 spiro atoms. The van der Waals surface area contributed by atoms with Crippen molar-refractivity contribution in [2.75, 3.05) is 5.73 Å². The molecule has 7 nitrogen and oxygen atoms in total. The lowest BCUT2D eigenvalue weighted by Crippen LogP contribution is -2.53. The molecule has 0 aliphatic rings. The lowest BCUT2D eigenvalue weighted by atomic mass is 9.77. The molecule has 0 unspecified atom stereocenters. The first-order valence-electron chi connectivity index (χ1n) is 7.23. The molecule has 2 aromatic rings. The first-order valence-corrected chi connectivity index (χ1v) is 7.23. The Morgan fingerprint density at radius 3 is 2.43 bits per heavy atom. The van der Waals surface area contributed by atoms with Gasteiger partial charge >= 0.3 is 7.12 Å². The molecule has 0 fully saturated rings. The molecule has 122 valence electrons. The van der Waals surface area contributed by atoms with Crippen LogP contribution in [0.4, 0.5) is 5.82 Å². The fraction of sp³-hybridized carbons (Fsp3) is 0.400. The summed E-state index contributed by atoms with van der Waals surface area (Å²) in [5.74, 6) is 0.520. The van der Waals surface area contributed by atoms with Gasteiger partial charge < -0.3 is 20.5 Å². The van der Waals surface area contributed by atoms with Crippen LogP contribution in [-0.2, 0) is 4.65 Å². The van der Waals surface area contributed by atoms with Crippen LogP contribution in [0, 0.1) is 0 Å². The lowest BCUT2D eigenvalue weighted by Gasteiger charge is -2.38. The number of nitrogens with two attached hydrogens (primary N) is 1. The lowest BCUT2D eigenvalue weighted by molar-refractivity contribution is -0.0982. The second kappa shape index (κ2) is 6.23. The SMILES string of the molecule is CC(C)(O)C(C)(C)OB(O)c1cnc(-c2cccnc2)nc1N. The summed E-state index contributed by atoms with van der Waals surface area (Å²) in [4.78, 5) is 12.4. The Morgan fingerprint density at radius 2 is 1.91 bits per heavy atom. The monoisotopic (exact) mass is 316 g/mol. The molecule has 2 rings (SSSR count). The van der Waals surface area contributed by atoms with E-state index in [1.54, 1.807) is 46.2 Å². The summed E-state index contributed by atoms with van der Waals surface area (Å²) in [6.07, 6.45) is 4.69. The highest BCUT2D eigenvalue weighted by Gasteiger charge is 2.40. The molecule has 0 amide bonds. The molecule has 2 heterocycles. The molecular weight excluding hydrogens is 295 g/mol. The molecular formula is C15H21BN4O3. The Morgan fingerprint density at radius 1 is 1.22 bits per heavy atom. The van der Waals surface area contributed by atoms with Gasteiger partial charge in [-0.3, -0.25) is 4.98 Å². The van der Waals surface area contributed by atoms with E-state index in [0.717, 1.165) is 5.56 Å². The van der Waals surface area contributed by atoms with Gasteiger partial charge in [-0.15, -0.1) is 0 Å². The minimum Gasteiger partial charge on any atom is -0.423 e. The van der Waals surface area contributed by atoms with E-state index >= 15 is 0 Å². The van der Waals surface area contributed by atoms with Crippen molar-refractivity contribution in [1.82, 2.24) is 15.0 Å². The van der Waals surface area contributed by atoms with Crippen LogP contribution in [0.3, 0.4) is 0 Å². The maximum absolute atomic E-state index is 10.3. The fourth-order valence-corrected chi connectivity index (χ4v) is 1.72. The predicted molar refractivity (Wildman–Crippen MR) is 88.7 cm³/mol. The van der Waals surface area contributed by atoms with Crippen LogP contribution in [0.15, 0.2) is 30.7 Å². The van der Waals surface area contributed by atoms with Gasteiger partial charge in [-0.1, -0.05) is 0 Å². The summed E-state index contributed by atoms with van der Waals surface area (Å²) in [6.45, 7) is 6.56. The van der Waals surface area contributed by atoms with Crippen molar-refractivity contribution in [3.63, 3.8) is 0 Å². The molecule has 0 aliphatic carbocycles. The number of hydrogen-bond donors (Lipinski definition) is 3. The first-order chi connectivity index (χ1) is 10.6. The molecule has 8 heteroatoms. The van der Waals surface area contributed by atoms with Crippen molar-refractivity contribution in [3.8, 4) is 11.4 Å². The molecule has 0 saturated carbocycles. The highest BCUT2D eigenvalue weighted by atomic mass is 16.5. The van der Waals surface area contributed by atoms with Gasteiger partial charge in [0.2, 0.25) is 0 Å². The Kier molecular flexibility index (Phi) is 4.69. The van der Waals surface area contributed by atoms with Gasteiger partial charge in [0, 0.05) is 29.6 Å². The van der Waals surface area contributed by atoms with E-state index in [9.17, 15) is 10.1 Å². The zero-order valence-electron chi connectivity index (χ0n) is 13.7. The number of anilines is 1. The Bertz CT molecular complexity index is 674. The molecule has 0 aromatic carbocycles. The maximum Gasteiger partial charge on any atom is 0.497 e. The van der Waals surface area contributed by atoms with Crippen molar-refractivity contribution >= 4 is 18.4 Å². The third-order valence-electron chi connectivity index (χ3n) is 3.91. The molecule has 0 aliphatic heterocycles. The Balaban J connectivity index is 2.24. The van der Waals surface area contributed by atoms with E-state index in [4.69, 9.17) is 10.4 Å². The number of nitrogens with zero attached hydrogens (tertiary/aromatic N) is 3. The van der Waals surface area contributed by atoms with E-state index < -0.39 is 18.3 Å². The predicted octanol–water partition coefficient (Wildman–Crippen LogP) is 0.374. The highest BCUT2D eigenvalue weighted by Crippen LogP contribution is 2.25. The van der Waals surface area contributed by atoms with Gasteiger partial charge in [0.05, 0.1) is 11.2 Å². The minimum atomic E-state index is -1.35. The average Bonchev–Trinajstić information content (AvgIpc) is 2.46. The topological polar surface area (TPSA) is 114 Å². The van der Waals surface area contributed by atoms with Crippen molar-refractivity contribution in [3.05, 3.63) is 30.7 Å². The Hall–Kier alpha value is -2.03. The third-order valence-corrected chi connectivity index (χ3v) is 3.91. The number of aliphatic hydroxyl groups is 1. The molecule has 0 saturated heterocycles. The van der Waals surface area contributed by atoms with Crippen molar-refractivity contribution < 1.29 is 14.8 Å². The van der Waals surface area contributed by atoms with Gasteiger partial charge in [-0.25, -0.2) is 9.97 Å². The van der Waals surface area contributed by atoms with Gasteiger partial charge in [0.25, 0.3) is 0 Å². The molecule has 23 heavy (non-hydrogen) atoms. The Labute approximate surface area is 135 Å². The standard InChI is InChI=1S/C15H21BN4O3/c1-14(2,21)15(3,4)23-16(22)11-9-19-13(20-12(11)17)10-6-5-7-18-8-10/h5-9,21-22H,1-4H3,(H2,17,19,20). The summed E-state index contributed by atoms with van der Waals surface area (Å²) in [5.41, 5.74) is 4.73. The van der Waals surface area contributed by atoms with E-state index in [2.05, 4.69) is 15.0 Å². The van der Waals surface area contributed by atoms with Crippen LogP contribution in [0.2, 0.25) is 0 Å². The molecule has 0 bridgehead atoms. The molecule has 2 aromatic heterocycles. The third kappa shape index (κ3) is 3.84. The number of nitrogen functional groups attached to an aromatic ring is 1. The number of pyridine rings is 1. The second-order valence-corrected chi connectivity index (χ2v) is 6.32. The van der Waals surface area contributed by atoms with Crippen molar-refractivity contribution in [2.24, 2.45) is 0 Å². The molecule has 0 radical (unpaired) electrons. The summed E-state index contributed by atoms with van der Waals surface area (Å²) in [6, 6.07) is 3.58. The summed E-state index contributed by atoms with van der Waals surface area (Å²) >= 11 is 0. The molecule has 4 N–H and O–H groups in total. The van der Waals surface area contributed by atoms with E-state index in [0.29, 0.717) is 5.82 Å². The van der Waals surface area contributed by atoms with Crippen LogP contribution in [-0.4, -0.2) is 43.4 Å². The number of hydrogen-bond acceptors (Lipinski definition) is 7. The van der Waals surface area contributed by atoms with Crippen LogP contribution in [0.1, 0.15) is 27.7 Å². The van der Waals surface area contributed by atoms with Gasteiger partial charge in [-0.05, 0) is 39.8 Å². The largest absolute Gasteiger partial charge is 0.497 e. The van der Waals surface area contributed by atoms with E-state index in [1.165, 1.54) is 6.20 Å². The van der Waals surface area contributed by atoms with E-state index in [1.807, 2.05) is 6.07 Å². The van der Waals surface area contributed by atoms with Crippen molar-refractivity contribution in [1.29, 1.82) is 0 Å². The smallest absolute Gasteiger partial charge is 0.423 e. The minimum absolute atomic E-state index is 0.109. The summed E-state index contributed by atoms with van der Waals surface area (Å²) in [7, 11) is -1.35. The first kappa shape index (κ1) is 17.3. The summed E-state index contributed by atoms with van der Waals surface area (Å²) in [5, 5.41) is 20.4.